The largest absolute Gasteiger partial charge is 0.493 e. The van der Waals surface area contributed by atoms with Crippen LogP contribution in [0.4, 0.5) is 10.1 Å². The van der Waals surface area contributed by atoms with Crippen molar-refractivity contribution in [3.8, 4) is 11.5 Å². The Morgan fingerprint density at radius 2 is 1.82 bits per heavy atom. The number of methoxy groups -OCH3 is 1. The van der Waals surface area contributed by atoms with Crippen molar-refractivity contribution >= 4 is 28.5 Å². The summed E-state index contributed by atoms with van der Waals surface area (Å²) in [5.41, 5.74) is 2.23. The summed E-state index contributed by atoms with van der Waals surface area (Å²) in [7, 11) is 1.52. The van der Waals surface area contributed by atoms with Crippen LogP contribution in [-0.2, 0) is 16.1 Å². The molecule has 0 radical (unpaired) electrons. The Bertz CT molecular complexity index is 1480. The van der Waals surface area contributed by atoms with Crippen molar-refractivity contribution in [2.75, 3.05) is 18.6 Å². The molecule has 1 fully saturated rings. The van der Waals surface area contributed by atoms with Gasteiger partial charge in [-0.2, -0.15) is 0 Å². The summed E-state index contributed by atoms with van der Waals surface area (Å²) in [6, 6.07) is 17.0. The Labute approximate surface area is 231 Å². The zero-order valence-electron chi connectivity index (χ0n) is 22.5. The van der Waals surface area contributed by atoms with Crippen LogP contribution < -0.4 is 19.7 Å². The highest BCUT2D eigenvalue weighted by atomic mass is 19.1. The van der Waals surface area contributed by atoms with Crippen molar-refractivity contribution < 1.29 is 23.5 Å². The predicted molar refractivity (Wildman–Crippen MR) is 149 cm³/mol. The van der Waals surface area contributed by atoms with Gasteiger partial charge >= 0.3 is 0 Å². The van der Waals surface area contributed by atoms with E-state index in [1.165, 1.54) is 41.0 Å². The van der Waals surface area contributed by atoms with E-state index >= 15 is 0 Å². The number of halogens is 1. The summed E-state index contributed by atoms with van der Waals surface area (Å²) in [6.45, 7) is 2.13. The number of ether oxygens (including phenoxy) is 2. The van der Waals surface area contributed by atoms with Gasteiger partial charge in [0.2, 0.25) is 11.8 Å². The number of benzene rings is 3. The molecule has 1 aromatic heterocycles. The van der Waals surface area contributed by atoms with Crippen LogP contribution in [-0.4, -0.2) is 46.6 Å². The van der Waals surface area contributed by atoms with E-state index in [-0.39, 0.29) is 18.5 Å². The Balaban J connectivity index is 1.60. The van der Waals surface area contributed by atoms with Gasteiger partial charge in [0.15, 0.2) is 11.5 Å². The van der Waals surface area contributed by atoms with E-state index in [9.17, 15) is 14.0 Å². The molecule has 2 amide bonds. The molecule has 0 unspecified atom stereocenters. The van der Waals surface area contributed by atoms with Gasteiger partial charge < -0.3 is 14.8 Å². The highest BCUT2D eigenvalue weighted by molar-refractivity contribution is 6.01. The molecule has 0 bridgehead atoms. The molecular weight excluding hydrogens is 513 g/mol. The van der Waals surface area contributed by atoms with Crippen LogP contribution in [0.25, 0.3) is 11.0 Å². The van der Waals surface area contributed by atoms with Gasteiger partial charge in [-0.25, -0.2) is 9.07 Å². The van der Waals surface area contributed by atoms with Crippen molar-refractivity contribution in [3.05, 3.63) is 78.1 Å². The highest BCUT2D eigenvalue weighted by Crippen LogP contribution is 2.35. The number of hydrogen-bond donors (Lipinski definition) is 1. The summed E-state index contributed by atoms with van der Waals surface area (Å²) in [4.78, 5) is 29.6. The van der Waals surface area contributed by atoms with E-state index in [2.05, 4.69) is 15.6 Å². The molecule has 5 rings (SSSR count). The lowest BCUT2D eigenvalue weighted by molar-refractivity contribution is -0.127. The fraction of sp³-hybridized carbons (Fsp3) is 0.333. The minimum atomic E-state index is -1.07. The number of aromatic nitrogens is 3. The number of hydrogen-bond acceptors (Lipinski definition) is 6. The van der Waals surface area contributed by atoms with Crippen molar-refractivity contribution in [3.63, 3.8) is 0 Å². The third kappa shape index (κ3) is 5.75. The van der Waals surface area contributed by atoms with E-state index in [0.29, 0.717) is 40.4 Å². The summed E-state index contributed by atoms with van der Waals surface area (Å²) < 4.78 is 26.7. The summed E-state index contributed by atoms with van der Waals surface area (Å²) in [5, 5.41) is 11.5. The molecule has 3 aromatic carbocycles. The molecule has 40 heavy (non-hydrogen) atoms. The molecule has 1 aliphatic rings. The van der Waals surface area contributed by atoms with E-state index in [4.69, 9.17) is 9.47 Å². The molecule has 0 aliphatic heterocycles. The van der Waals surface area contributed by atoms with Crippen LogP contribution in [0.2, 0.25) is 0 Å². The molecule has 1 saturated carbocycles. The Kier molecular flexibility index (Phi) is 8.23. The van der Waals surface area contributed by atoms with Crippen molar-refractivity contribution in [2.45, 2.75) is 51.2 Å². The Hall–Kier alpha value is -4.47. The lowest BCUT2D eigenvalue weighted by Crippen LogP contribution is -2.47. The van der Waals surface area contributed by atoms with Crippen molar-refractivity contribution in [1.29, 1.82) is 0 Å². The summed E-state index contributed by atoms with van der Waals surface area (Å²) in [5.74, 6) is -0.238. The molecule has 1 aliphatic carbocycles. The van der Waals surface area contributed by atoms with Gasteiger partial charge in [0, 0.05) is 11.7 Å². The van der Waals surface area contributed by atoms with E-state index in [1.807, 2.05) is 31.2 Å². The first kappa shape index (κ1) is 27.1. The molecule has 0 spiro atoms. The first-order valence-corrected chi connectivity index (χ1v) is 13.5. The number of nitrogens with one attached hydrogen (secondary N) is 1. The minimum Gasteiger partial charge on any atom is -0.493 e. The number of fused-ring (bicyclic) bond motifs is 1. The van der Waals surface area contributed by atoms with Crippen LogP contribution >= 0.6 is 0 Å². The van der Waals surface area contributed by atoms with Gasteiger partial charge in [-0.1, -0.05) is 36.3 Å². The van der Waals surface area contributed by atoms with Gasteiger partial charge in [0.05, 0.1) is 19.2 Å². The van der Waals surface area contributed by atoms with Gasteiger partial charge in [0.1, 0.15) is 23.9 Å². The van der Waals surface area contributed by atoms with Crippen LogP contribution in [0.1, 0.15) is 44.2 Å². The van der Waals surface area contributed by atoms with Crippen LogP contribution in [0.15, 0.2) is 66.7 Å². The van der Waals surface area contributed by atoms with Crippen LogP contribution in [0.5, 0.6) is 11.5 Å². The smallest absolute Gasteiger partial charge is 0.249 e. The fourth-order valence-corrected chi connectivity index (χ4v) is 5.17. The molecule has 4 aromatic rings. The van der Waals surface area contributed by atoms with Gasteiger partial charge in [-0.15, -0.1) is 5.10 Å². The zero-order chi connectivity index (χ0) is 28.1. The molecule has 9 nitrogen and oxygen atoms in total. The predicted octanol–water partition coefficient (Wildman–Crippen LogP) is 4.81. The lowest BCUT2D eigenvalue weighted by atomic mass is 10.0. The highest BCUT2D eigenvalue weighted by Gasteiger charge is 2.35. The lowest BCUT2D eigenvalue weighted by Gasteiger charge is -2.32. The third-order valence-electron chi connectivity index (χ3n) is 7.09. The summed E-state index contributed by atoms with van der Waals surface area (Å²) >= 11 is 0. The second-order valence-corrected chi connectivity index (χ2v) is 9.71. The normalized spacial score (nSPS) is 14.2. The number of rotatable bonds is 10. The molecular formula is C30H32FN5O4. The minimum absolute atomic E-state index is 0.0176. The number of nitrogens with zero attached hydrogens (tertiary/aromatic N) is 4. The Morgan fingerprint density at radius 1 is 1.07 bits per heavy atom. The Morgan fingerprint density at radius 3 is 2.55 bits per heavy atom. The summed E-state index contributed by atoms with van der Waals surface area (Å²) in [6.07, 6.45) is 3.82. The maximum absolute atomic E-state index is 14.1. The average Bonchev–Trinajstić information content (AvgIpc) is 3.63. The molecule has 1 atom stereocenters. The molecule has 1 heterocycles. The number of anilines is 1. The van der Waals surface area contributed by atoms with Crippen LogP contribution in [0, 0.1) is 5.82 Å². The average molecular weight is 546 g/mol. The molecule has 1 N–H and O–H groups in total. The second kappa shape index (κ2) is 12.1. The zero-order valence-corrected chi connectivity index (χ0v) is 22.5. The standard InChI is InChI=1S/C30H32FN5O4/c1-3-40-26-17-12-20(18-27(26)39-2)29(30(38)32-22-8-4-5-9-22)36(23-15-13-21(31)14-16-23)28(37)19-35-25-11-7-6-10-24(25)33-34-35/h6-7,10-18,22,29H,3-5,8-9,19H2,1-2H3,(H,32,38)/t29-/m0/s1. The van der Waals surface area contributed by atoms with E-state index in [0.717, 1.165) is 25.7 Å². The topological polar surface area (TPSA) is 98.6 Å². The second-order valence-electron chi connectivity index (χ2n) is 9.71. The van der Waals surface area contributed by atoms with Gasteiger partial charge in [0.25, 0.3) is 0 Å². The van der Waals surface area contributed by atoms with Crippen molar-refractivity contribution in [2.24, 2.45) is 0 Å². The number of amides is 2. The maximum Gasteiger partial charge on any atom is 0.249 e. The number of carbonyl (C=O) groups excluding carboxylic acids is 2. The maximum atomic E-state index is 14.1. The first-order chi connectivity index (χ1) is 19.5. The number of para-hydroxylation sites is 1. The van der Waals surface area contributed by atoms with Gasteiger partial charge in [-0.05, 0) is 73.9 Å². The fourth-order valence-electron chi connectivity index (χ4n) is 5.17. The first-order valence-electron chi connectivity index (χ1n) is 13.5. The molecule has 208 valence electrons. The number of carbonyl (C=O) groups is 2. The van der Waals surface area contributed by atoms with Crippen molar-refractivity contribution in [1.82, 2.24) is 20.3 Å². The van der Waals surface area contributed by atoms with E-state index < -0.39 is 17.8 Å². The molecule has 10 heteroatoms. The van der Waals surface area contributed by atoms with Gasteiger partial charge in [-0.3, -0.25) is 14.5 Å². The van der Waals surface area contributed by atoms with E-state index in [1.54, 1.807) is 18.2 Å². The molecule has 0 saturated heterocycles. The third-order valence-corrected chi connectivity index (χ3v) is 7.09. The van der Waals surface area contributed by atoms with Crippen LogP contribution in [0.3, 0.4) is 0 Å². The SMILES string of the molecule is CCOc1ccc([C@@H](C(=O)NC2CCCC2)N(C(=O)Cn2nnc3ccccc32)c2ccc(F)cc2)cc1OC. The quantitative estimate of drug-likeness (QED) is 0.307. The monoisotopic (exact) mass is 545 g/mol.